The predicted molar refractivity (Wildman–Crippen MR) is 124 cm³/mol. The van der Waals surface area contributed by atoms with E-state index in [1.54, 1.807) is 19.1 Å². The van der Waals surface area contributed by atoms with Crippen LogP contribution in [0.15, 0.2) is 96.7 Å². The van der Waals surface area contributed by atoms with Crippen LogP contribution in [0.25, 0.3) is 0 Å². The van der Waals surface area contributed by atoms with Crippen LogP contribution in [-0.2, 0) is 22.6 Å². The number of rotatable bonds is 10. The molecule has 164 valence electrons. The molecular formula is C27H27NO4. The number of ether oxygens (including phenoxy) is 2. The zero-order valence-electron chi connectivity index (χ0n) is 18.3. The van der Waals surface area contributed by atoms with Gasteiger partial charge in [0.1, 0.15) is 18.4 Å². The number of methoxy groups -OCH3 is 1. The molecule has 3 aromatic carbocycles. The Morgan fingerprint density at radius 2 is 1.50 bits per heavy atom. The number of hydrogen-bond acceptors (Lipinski definition) is 5. The van der Waals surface area contributed by atoms with Crippen LogP contribution in [0.1, 0.15) is 28.4 Å². The van der Waals surface area contributed by atoms with Crippen molar-refractivity contribution in [1.82, 2.24) is 5.32 Å². The Bertz CT molecular complexity index is 1040. The summed E-state index contributed by atoms with van der Waals surface area (Å²) in [6.45, 7) is 2.25. The van der Waals surface area contributed by atoms with Gasteiger partial charge in [0.25, 0.3) is 0 Å². The molecule has 3 rings (SSSR count). The largest absolute Gasteiger partial charge is 0.489 e. The van der Waals surface area contributed by atoms with Gasteiger partial charge in [0, 0.05) is 23.8 Å². The van der Waals surface area contributed by atoms with E-state index in [4.69, 9.17) is 9.47 Å². The van der Waals surface area contributed by atoms with Gasteiger partial charge in [-0.15, -0.1) is 0 Å². The molecule has 0 fully saturated rings. The molecule has 5 heteroatoms. The minimum absolute atomic E-state index is 0.126. The molecular weight excluding hydrogens is 402 g/mol. The Labute approximate surface area is 188 Å². The molecule has 0 aliphatic carbocycles. The van der Waals surface area contributed by atoms with Gasteiger partial charge in [-0.3, -0.25) is 4.79 Å². The lowest BCUT2D eigenvalue weighted by molar-refractivity contribution is -0.142. The number of carbonyl (C=O) groups is 2. The Morgan fingerprint density at radius 3 is 2.12 bits per heavy atom. The molecule has 3 aromatic rings. The molecule has 0 aliphatic rings. The fourth-order valence-electron chi connectivity index (χ4n) is 3.23. The van der Waals surface area contributed by atoms with E-state index in [1.807, 2.05) is 72.8 Å². The zero-order chi connectivity index (χ0) is 22.8. The molecule has 32 heavy (non-hydrogen) atoms. The average Bonchev–Trinajstić information content (AvgIpc) is 2.83. The van der Waals surface area contributed by atoms with E-state index in [2.05, 4.69) is 5.32 Å². The maximum absolute atomic E-state index is 12.4. The first-order valence-corrected chi connectivity index (χ1v) is 10.4. The normalized spacial score (nSPS) is 12.0. The lowest BCUT2D eigenvalue weighted by atomic mass is 10.0. The number of ketones is 1. The zero-order valence-corrected chi connectivity index (χ0v) is 18.3. The van der Waals surface area contributed by atoms with Crippen LogP contribution >= 0.6 is 0 Å². The molecule has 0 saturated carbocycles. The first-order valence-electron chi connectivity index (χ1n) is 10.4. The van der Waals surface area contributed by atoms with E-state index < -0.39 is 12.0 Å². The van der Waals surface area contributed by atoms with Gasteiger partial charge in [0.05, 0.1) is 7.11 Å². The molecule has 1 N–H and O–H groups in total. The van der Waals surface area contributed by atoms with Crippen LogP contribution in [0, 0.1) is 0 Å². The standard InChI is InChI=1S/C27H27NO4/c1-20(17-26(29)23-11-7-4-8-12-23)28-25(27(30)31-2)18-21-13-15-24(16-14-21)32-19-22-9-5-3-6-10-22/h3-17,25,28H,18-19H2,1-2H3. The lowest BCUT2D eigenvalue weighted by Gasteiger charge is -2.18. The van der Waals surface area contributed by atoms with E-state index >= 15 is 0 Å². The van der Waals surface area contributed by atoms with Crippen molar-refractivity contribution in [3.05, 3.63) is 113 Å². The second-order valence-corrected chi connectivity index (χ2v) is 7.40. The van der Waals surface area contributed by atoms with Crippen molar-refractivity contribution in [2.45, 2.75) is 26.0 Å². The number of allylic oxidation sites excluding steroid dienone is 2. The Morgan fingerprint density at radius 1 is 0.875 bits per heavy atom. The molecule has 0 saturated heterocycles. The fraction of sp³-hybridized carbons (Fsp3) is 0.185. The second-order valence-electron chi connectivity index (χ2n) is 7.40. The molecule has 1 unspecified atom stereocenters. The Kier molecular flexibility index (Phi) is 8.21. The predicted octanol–water partition coefficient (Wildman–Crippen LogP) is 4.73. The molecule has 0 heterocycles. The highest BCUT2D eigenvalue weighted by Crippen LogP contribution is 2.16. The summed E-state index contributed by atoms with van der Waals surface area (Å²) in [5.74, 6) is 0.234. The van der Waals surface area contributed by atoms with E-state index in [1.165, 1.54) is 13.2 Å². The van der Waals surface area contributed by atoms with Crippen molar-refractivity contribution in [3.63, 3.8) is 0 Å². The second kappa shape index (κ2) is 11.5. The summed E-state index contributed by atoms with van der Waals surface area (Å²) < 4.78 is 10.8. The van der Waals surface area contributed by atoms with Crippen LogP contribution in [-0.4, -0.2) is 24.9 Å². The highest BCUT2D eigenvalue weighted by Gasteiger charge is 2.20. The number of esters is 1. The summed E-state index contributed by atoms with van der Waals surface area (Å²) in [5, 5.41) is 3.11. The average molecular weight is 430 g/mol. The van der Waals surface area contributed by atoms with E-state index in [0.717, 1.165) is 16.9 Å². The highest BCUT2D eigenvalue weighted by molar-refractivity contribution is 6.04. The summed E-state index contributed by atoms with van der Waals surface area (Å²) in [6, 6.07) is 25.9. The smallest absolute Gasteiger partial charge is 0.328 e. The van der Waals surface area contributed by atoms with Gasteiger partial charge in [-0.2, -0.15) is 0 Å². The minimum Gasteiger partial charge on any atom is -0.489 e. The summed E-state index contributed by atoms with van der Waals surface area (Å²) in [4.78, 5) is 24.7. The van der Waals surface area contributed by atoms with Gasteiger partial charge in [-0.1, -0.05) is 72.8 Å². The van der Waals surface area contributed by atoms with E-state index in [9.17, 15) is 9.59 Å². The number of carbonyl (C=O) groups excluding carboxylic acids is 2. The SMILES string of the molecule is COC(=O)C(Cc1ccc(OCc2ccccc2)cc1)NC(C)=CC(=O)c1ccccc1. The minimum atomic E-state index is -0.615. The van der Waals surface area contributed by atoms with E-state index in [-0.39, 0.29) is 5.78 Å². The third-order valence-corrected chi connectivity index (χ3v) is 4.91. The molecule has 0 spiro atoms. The van der Waals surface area contributed by atoms with Crippen LogP contribution < -0.4 is 10.1 Å². The van der Waals surface area contributed by atoms with Crippen molar-refractivity contribution >= 4 is 11.8 Å². The molecule has 0 radical (unpaired) electrons. The maximum atomic E-state index is 12.4. The van der Waals surface area contributed by atoms with Crippen LogP contribution in [0.5, 0.6) is 5.75 Å². The maximum Gasteiger partial charge on any atom is 0.328 e. The quantitative estimate of drug-likeness (QED) is 0.287. The van der Waals surface area contributed by atoms with Crippen molar-refractivity contribution < 1.29 is 19.1 Å². The van der Waals surface area contributed by atoms with Crippen LogP contribution in [0.2, 0.25) is 0 Å². The molecule has 0 aliphatic heterocycles. The summed E-state index contributed by atoms with van der Waals surface area (Å²) in [7, 11) is 1.35. The Hall–Kier alpha value is -3.86. The van der Waals surface area contributed by atoms with Crippen molar-refractivity contribution in [3.8, 4) is 5.75 Å². The van der Waals surface area contributed by atoms with Crippen molar-refractivity contribution in [2.75, 3.05) is 7.11 Å². The third-order valence-electron chi connectivity index (χ3n) is 4.91. The molecule has 0 aromatic heterocycles. The Balaban J connectivity index is 1.61. The molecule has 0 bridgehead atoms. The van der Waals surface area contributed by atoms with Gasteiger partial charge in [-0.25, -0.2) is 4.79 Å². The molecule has 5 nitrogen and oxygen atoms in total. The van der Waals surface area contributed by atoms with Gasteiger partial charge in [-0.05, 0) is 30.2 Å². The number of hydrogen-bond donors (Lipinski definition) is 1. The summed E-state index contributed by atoms with van der Waals surface area (Å²) in [5.41, 5.74) is 3.23. The summed E-state index contributed by atoms with van der Waals surface area (Å²) in [6.07, 6.45) is 1.90. The van der Waals surface area contributed by atoms with Crippen molar-refractivity contribution in [1.29, 1.82) is 0 Å². The fourth-order valence-corrected chi connectivity index (χ4v) is 3.23. The van der Waals surface area contributed by atoms with Crippen molar-refractivity contribution in [2.24, 2.45) is 0 Å². The monoisotopic (exact) mass is 429 g/mol. The number of nitrogens with one attached hydrogen (secondary N) is 1. The first-order chi connectivity index (χ1) is 15.5. The van der Waals surface area contributed by atoms with E-state index in [0.29, 0.717) is 24.3 Å². The molecule has 1 atom stereocenters. The highest BCUT2D eigenvalue weighted by atomic mass is 16.5. The van der Waals surface area contributed by atoms with Gasteiger partial charge in [0.15, 0.2) is 5.78 Å². The topological polar surface area (TPSA) is 64.6 Å². The summed E-state index contributed by atoms with van der Waals surface area (Å²) >= 11 is 0. The first kappa shape index (κ1) is 22.8. The van der Waals surface area contributed by atoms with Crippen LogP contribution in [0.4, 0.5) is 0 Å². The molecule has 0 amide bonds. The van der Waals surface area contributed by atoms with Gasteiger partial charge < -0.3 is 14.8 Å². The lowest BCUT2D eigenvalue weighted by Crippen LogP contribution is -2.38. The third kappa shape index (κ3) is 6.84. The van der Waals surface area contributed by atoms with Gasteiger partial charge >= 0.3 is 5.97 Å². The van der Waals surface area contributed by atoms with Crippen LogP contribution in [0.3, 0.4) is 0 Å². The van der Waals surface area contributed by atoms with Gasteiger partial charge in [0.2, 0.25) is 0 Å². The number of benzene rings is 3.